The van der Waals surface area contributed by atoms with Crippen molar-refractivity contribution in [2.45, 2.75) is 70.8 Å². The van der Waals surface area contributed by atoms with E-state index in [1.165, 1.54) is 43.2 Å². The van der Waals surface area contributed by atoms with Crippen LogP contribution >= 0.6 is 0 Å². The predicted molar refractivity (Wildman–Crippen MR) is 146 cm³/mol. The number of carbonyl (C=O) groups excluding carboxylic acids is 1. The monoisotopic (exact) mass is 490 g/mol. The molecular formula is C31H42O3Si. The smallest absolute Gasteiger partial charge is 0.305 e. The Labute approximate surface area is 213 Å². The Morgan fingerprint density at radius 1 is 0.971 bits per heavy atom. The fourth-order valence-corrected chi connectivity index (χ4v) is 11.2. The first-order valence-corrected chi connectivity index (χ1v) is 15.3. The largest absolute Gasteiger partial charge is 0.469 e. The summed E-state index contributed by atoms with van der Waals surface area (Å²) in [4.78, 5) is 11.4. The van der Waals surface area contributed by atoms with Gasteiger partial charge in [-0.2, -0.15) is 0 Å². The van der Waals surface area contributed by atoms with Crippen molar-refractivity contribution in [2.75, 3.05) is 13.7 Å². The summed E-state index contributed by atoms with van der Waals surface area (Å²) in [6.07, 6.45) is 9.82. The zero-order valence-electron chi connectivity index (χ0n) is 22.0. The normalized spacial score (nSPS) is 23.4. The van der Waals surface area contributed by atoms with Crippen LogP contribution in [0.25, 0.3) is 0 Å². The zero-order valence-corrected chi connectivity index (χ0v) is 23.0. The molecular weight excluding hydrogens is 448 g/mol. The Hall–Kier alpha value is -2.17. The lowest BCUT2D eigenvalue weighted by molar-refractivity contribution is -0.140. The molecule has 0 spiro atoms. The molecule has 2 fully saturated rings. The van der Waals surface area contributed by atoms with Crippen LogP contribution in [-0.2, 0) is 14.0 Å². The second-order valence-electron chi connectivity index (χ2n) is 11.5. The maximum atomic E-state index is 11.4. The number of benzene rings is 2. The molecule has 4 heteroatoms. The molecule has 2 aliphatic carbocycles. The van der Waals surface area contributed by atoms with Crippen molar-refractivity contribution in [3.05, 3.63) is 72.3 Å². The molecule has 0 unspecified atom stereocenters. The van der Waals surface area contributed by atoms with E-state index in [1.54, 1.807) is 5.57 Å². The molecule has 0 aromatic heterocycles. The van der Waals surface area contributed by atoms with E-state index < -0.39 is 8.32 Å². The third-order valence-electron chi connectivity index (χ3n) is 8.32. The number of hydrogen-bond acceptors (Lipinski definition) is 3. The summed E-state index contributed by atoms with van der Waals surface area (Å²) in [5.74, 6) is 2.06. The number of carbonyl (C=O) groups is 1. The summed E-state index contributed by atoms with van der Waals surface area (Å²) in [5.41, 5.74) is 1.60. The summed E-state index contributed by atoms with van der Waals surface area (Å²) in [6, 6.07) is 22.0. The summed E-state index contributed by atoms with van der Waals surface area (Å²) < 4.78 is 12.1. The van der Waals surface area contributed by atoms with Crippen molar-refractivity contribution >= 4 is 24.7 Å². The van der Waals surface area contributed by atoms with E-state index in [0.717, 1.165) is 31.3 Å². The van der Waals surface area contributed by atoms with Gasteiger partial charge in [0.1, 0.15) is 0 Å². The van der Waals surface area contributed by atoms with Gasteiger partial charge in [-0.05, 0) is 71.7 Å². The maximum absolute atomic E-state index is 11.4. The van der Waals surface area contributed by atoms with Crippen molar-refractivity contribution < 1.29 is 14.0 Å². The fourth-order valence-electron chi connectivity index (χ4n) is 6.57. The summed E-state index contributed by atoms with van der Waals surface area (Å²) >= 11 is 0. The second-order valence-corrected chi connectivity index (χ2v) is 15.8. The van der Waals surface area contributed by atoms with Gasteiger partial charge in [0.2, 0.25) is 0 Å². The minimum Gasteiger partial charge on any atom is -0.469 e. The van der Waals surface area contributed by atoms with Gasteiger partial charge in [0, 0.05) is 13.0 Å². The van der Waals surface area contributed by atoms with E-state index in [0.29, 0.717) is 12.3 Å². The number of ether oxygens (including phenoxy) is 1. The fraction of sp³-hybridized carbons (Fsp3) is 0.516. The van der Waals surface area contributed by atoms with Crippen molar-refractivity contribution in [3.63, 3.8) is 0 Å². The van der Waals surface area contributed by atoms with E-state index in [9.17, 15) is 4.79 Å². The molecule has 3 atom stereocenters. The highest BCUT2D eigenvalue weighted by Gasteiger charge is 2.51. The Morgan fingerprint density at radius 3 is 2.17 bits per heavy atom. The van der Waals surface area contributed by atoms with Crippen molar-refractivity contribution in [1.29, 1.82) is 0 Å². The lowest BCUT2D eigenvalue weighted by atomic mass is 9.92. The van der Waals surface area contributed by atoms with E-state index in [4.69, 9.17) is 9.16 Å². The van der Waals surface area contributed by atoms with Crippen LogP contribution in [0.5, 0.6) is 0 Å². The Morgan fingerprint density at radius 2 is 1.60 bits per heavy atom. The summed E-state index contributed by atoms with van der Waals surface area (Å²) in [5, 5.41) is 2.75. The number of fused-ring (bicyclic) bond motifs is 1. The van der Waals surface area contributed by atoms with Crippen LogP contribution in [0.4, 0.5) is 0 Å². The van der Waals surface area contributed by atoms with Gasteiger partial charge in [-0.3, -0.25) is 4.79 Å². The van der Waals surface area contributed by atoms with Crippen LogP contribution in [0.2, 0.25) is 5.04 Å². The number of esters is 1. The first kappa shape index (κ1) is 25.9. The SMILES string of the molecule is COC(=O)CCC/C=C1/C[C@@H]2CC[C@H](CO[Si](c3ccccc3)(c3ccccc3)C(C)(C)C)[C@H]2C1. The minimum absolute atomic E-state index is 0.0219. The molecule has 0 saturated heterocycles. The molecule has 4 rings (SSSR count). The molecule has 188 valence electrons. The van der Waals surface area contributed by atoms with Gasteiger partial charge in [0.15, 0.2) is 0 Å². The molecule has 0 amide bonds. The van der Waals surface area contributed by atoms with Gasteiger partial charge >= 0.3 is 5.97 Å². The lowest BCUT2D eigenvalue weighted by Gasteiger charge is -2.44. The van der Waals surface area contributed by atoms with Gasteiger partial charge in [-0.15, -0.1) is 0 Å². The second kappa shape index (κ2) is 11.3. The topological polar surface area (TPSA) is 35.5 Å². The Kier molecular flexibility index (Phi) is 8.33. The van der Waals surface area contributed by atoms with Crippen LogP contribution in [0, 0.1) is 17.8 Å². The number of methoxy groups -OCH3 is 1. The van der Waals surface area contributed by atoms with E-state index in [2.05, 4.69) is 87.5 Å². The minimum atomic E-state index is -2.48. The quantitative estimate of drug-likeness (QED) is 0.180. The van der Waals surface area contributed by atoms with Crippen LogP contribution < -0.4 is 10.4 Å². The van der Waals surface area contributed by atoms with Crippen molar-refractivity contribution in [2.24, 2.45) is 17.8 Å². The van der Waals surface area contributed by atoms with Crippen LogP contribution in [0.15, 0.2) is 72.3 Å². The highest BCUT2D eigenvalue weighted by atomic mass is 28.4. The first-order valence-electron chi connectivity index (χ1n) is 13.3. The first-order chi connectivity index (χ1) is 16.8. The summed E-state index contributed by atoms with van der Waals surface area (Å²) in [7, 11) is -1.01. The molecule has 0 radical (unpaired) electrons. The number of rotatable bonds is 9. The Bertz CT molecular complexity index is 953. The number of hydrogen-bond donors (Lipinski definition) is 0. The standard InChI is InChI=1S/C31H42O3Si/c1-31(2,3)35(27-14-7-5-8-15-27,28-16-9-6-10-17-28)34-23-26-20-19-25-21-24(22-29(25)26)13-11-12-18-30(32)33-4/h5-10,13-17,25-26,29H,11-12,18-23H2,1-4H3/b24-13-/t25-,26+,29-/m0/s1. The Balaban J connectivity index is 1.50. The van der Waals surface area contributed by atoms with Gasteiger partial charge < -0.3 is 9.16 Å². The van der Waals surface area contributed by atoms with Crippen molar-refractivity contribution in [1.82, 2.24) is 0 Å². The molecule has 0 heterocycles. The highest BCUT2D eigenvalue weighted by molar-refractivity contribution is 6.99. The van der Waals surface area contributed by atoms with E-state index in [1.807, 2.05) is 0 Å². The van der Waals surface area contributed by atoms with Crippen LogP contribution in [-0.4, -0.2) is 28.0 Å². The molecule has 2 aromatic carbocycles. The lowest BCUT2D eigenvalue weighted by Crippen LogP contribution is -2.67. The molecule has 0 aliphatic heterocycles. The molecule has 35 heavy (non-hydrogen) atoms. The highest BCUT2D eigenvalue weighted by Crippen LogP contribution is 2.50. The summed E-state index contributed by atoms with van der Waals surface area (Å²) in [6.45, 7) is 7.94. The third kappa shape index (κ3) is 5.64. The van der Waals surface area contributed by atoms with Crippen molar-refractivity contribution in [3.8, 4) is 0 Å². The molecule has 3 nitrogen and oxygen atoms in total. The van der Waals surface area contributed by atoms with Gasteiger partial charge in [-0.1, -0.05) is 93.1 Å². The molecule has 0 bridgehead atoms. The molecule has 2 saturated carbocycles. The van der Waals surface area contributed by atoms with Gasteiger partial charge in [0.25, 0.3) is 8.32 Å². The van der Waals surface area contributed by atoms with Gasteiger partial charge in [0.05, 0.1) is 7.11 Å². The van der Waals surface area contributed by atoms with Crippen LogP contribution in [0.1, 0.15) is 65.7 Å². The zero-order chi connectivity index (χ0) is 24.9. The molecule has 0 N–H and O–H groups in total. The van der Waals surface area contributed by atoms with Crippen LogP contribution in [0.3, 0.4) is 0 Å². The predicted octanol–water partition coefficient (Wildman–Crippen LogP) is 6.27. The average molecular weight is 491 g/mol. The maximum Gasteiger partial charge on any atom is 0.305 e. The van der Waals surface area contributed by atoms with E-state index >= 15 is 0 Å². The van der Waals surface area contributed by atoms with E-state index in [-0.39, 0.29) is 11.0 Å². The third-order valence-corrected chi connectivity index (χ3v) is 13.3. The molecule has 2 aliphatic rings. The average Bonchev–Trinajstić information content (AvgIpc) is 3.43. The van der Waals surface area contributed by atoms with Gasteiger partial charge in [-0.25, -0.2) is 0 Å². The molecule has 2 aromatic rings. The number of unbranched alkanes of at least 4 members (excludes halogenated alkanes) is 1. The number of allylic oxidation sites excluding steroid dienone is 2.